The first kappa shape index (κ1) is 30.5. The monoisotopic (exact) mass is 648 g/mol. The normalized spacial score (nSPS) is 14.1. The van der Waals surface area contributed by atoms with Crippen LogP contribution in [0.3, 0.4) is 0 Å². The van der Waals surface area contributed by atoms with Gasteiger partial charge in [-0.2, -0.15) is 0 Å². The maximum absolute atomic E-state index is 6.87. The molecule has 0 bridgehead atoms. The van der Waals surface area contributed by atoms with E-state index in [-0.39, 0.29) is 10.8 Å². The van der Waals surface area contributed by atoms with E-state index < -0.39 is 5.41 Å². The molecule has 0 fully saturated rings. The van der Waals surface area contributed by atoms with Gasteiger partial charge in [0, 0.05) is 32.7 Å². The zero-order valence-electron chi connectivity index (χ0n) is 29.5. The quantitative estimate of drug-likeness (QED) is 0.175. The molecule has 3 heterocycles. The molecule has 0 saturated carbocycles. The second-order valence-electron chi connectivity index (χ2n) is 15.9. The van der Waals surface area contributed by atoms with Crippen LogP contribution in [0.5, 0.6) is 11.5 Å². The molecular weight excluding hydrogens is 609 g/mol. The van der Waals surface area contributed by atoms with Gasteiger partial charge in [-0.05, 0) is 69.1 Å². The Morgan fingerprint density at radius 3 is 1.28 bits per heavy atom. The maximum Gasteiger partial charge on any atom is 0.132 e. The predicted molar refractivity (Wildman–Crippen MR) is 208 cm³/mol. The van der Waals surface area contributed by atoms with Gasteiger partial charge < -0.3 is 4.74 Å². The lowest BCUT2D eigenvalue weighted by molar-refractivity contribution is 0.427. The van der Waals surface area contributed by atoms with Crippen molar-refractivity contribution in [1.82, 2.24) is 9.97 Å². The van der Waals surface area contributed by atoms with E-state index in [0.29, 0.717) is 0 Å². The van der Waals surface area contributed by atoms with Gasteiger partial charge in [0.2, 0.25) is 0 Å². The molecule has 1 aliphatic rings. The second kappa shape index (κ2) is 10.7. The number of rotatable bonds is 2. The standard InChI is InChI=1S/C47H40N2O/c1-45(2,3)33-21-23-39-37(27-33)47(38-28-34(46(4,5)6)22-24-40(38)50-39,41-25-19-31-17-15-29-11-7-9-13-35(29)43(31)48-41)42-26-20-32-18-16-30-12-8-10-14-36(30)44(32)49-42/h7-28H,1-6H3. The van der Waals surface area contributed by atoms with Crippen LogP contribution < -0.4 is 4.74 Å². The largest absolute Gasteiger partial charge is 0.457 e. The number of pyridine rings is 2. The molecule has 3 nitrogen and oxygen atoms in total. The number of hydrogen-bond donors (Lipinski definition) is 0. The molecule has 8 aromatic rings. The average molecular weight is 649 g/mol. The van der Waals surface area contributed by atoms with Crippen molar-refractivity contribution in [3.8, 4) is 11.5 Å². The Morgan fingerprint density at radius 1 is 0.440 bits per heavy atom. The molecule has 0 atom stereocenters. The fraction of sp³-hybridized carbons (Fsp3) is 0.191. The number of benzene rings is 6. The van der Waals surface area contributed by atoms with E-state index in [0.717, 1.165) is 66.6 Å². The Labute approximate surface area is 293 Å². The predicted octanol–water partition coefficient (Wildman–Crippen LogP) is 12.2. The van der Waals surface area contributed by atoms with E-state index >= 15 is 0 Å². The summed E-state index contributed by atoms with van der Waals surface area (Å²) in [5, 5.41) is 6.84. The molecule has 2 aromatic heterocycles. The van der Waals surface area contributed by atoms with Gasteiger partial charge in [0.1, 0.15) is 16.9 Å². The minimum Gasteiger partial charge on any atom is -0.457 e. The van der Waals surface area contributed by atoms with Gasteiger partial charge in [-0.15, -0.1) is 0 Å². The van der Waals surface area contributed by atoms with Crippen molar-refractivity contribution in [3.63, 3.8) is 0 Å². The summed E-state index contributed by atoms with van der Waals surface area (Å²) in [6.45, 7) is 13.6. The van der Waals surface area contributed by atoms with E-state index in [4.69, 9.17) is 14.7 Å². The van der Waals surface area contributed by atoms with Crippen LogP contribution in [0.2, 0.25) is 0 Å². The third-order valence-electron chi connectivity index (χ3n) is 10.7. The first-order valence-corrected chi connectivity index (χ1v) is 17.6. The van der Waals surface area contributed by atoms with Crippen molar-refractivity contribution in [1.29, 1.82) is 0 Å². The first-order valence-electron chi connectivity index (χ1n) is 17.6. The van der Waals surface area contributed by atoms with Crippen molar-refractivity contribution >= 4 is 43.4 Å². The summed E-state index contributed by atoms with van der Waals surface area (Å²) in [6.07, 6.45) is 0. The second-order valence-corrected chi connectivity index (χ2v) is 15.9. The smallest absolute Gasteiger partial charge is 0.132 e. The molecule has 0 unspecified atom stereocenters. The molecular formula is C47H40N2O. The van der Waals surface area contributed by atoms with Gasteiger partial charge in [0.05, 0.1) is 22.4 Å². The fourth-order valence-corrected chi connectivity index (χ4v) is 7.84. The Morgan fingerprint density at radius 2 is 0.840 bits per heavy atom. The topological polar surface area (TPSA) is 35.0 Å². The first-order chi connectivity index (χ1) is 24.0. The molecule has 1 aliphatic heterocycles. The highest BCUT2D eigenvalue weighted by Crippen LogP contribution is 2.56. The Bertz CT molecular complexity index is 2470. The van der Waals surface area contributed by atoms with Gasteiger partial charge >= 0.3 is 0 Å². The van der Waals surface area contributed by atoms with Crippen molar-refractivity contribution in [3.05, 3.63) is 167 Å². The Balaban J connectivity index is 1.49. The summed E-state index contributed by atoms with van der Waals surface area (Å²) in [5.74, 6) is 1.65. The van der Waals surface area contributed by atoms with Crippen LogP contribution >= 0.6 is 0 Å². The van der Waals surface area contributed by atoms with Gasteiger partial charge in [-0.3, -0.25) is 9.97 Å². The van der Waals surface area contributed by atoms with Crippen LogP contribution in [0.15, 0.2) is 133 Å². The number of fused-ring (bicyclic) bond motifs is 8. The summed E-state index contributed by atoms with van der Waals surface area (Å²) in [7, 11) is 0. The van der Waals surface area contributed by atoms with Crippen molar-refractivity contribution in [2.24, 2.45) is 0 Å². The molecule has 0 amide bonds. The lowest BCUT2D eigenvalue weighted by Gasteiger charge is -2.41. The molecule has 0 aliphatic carbocycles. The van der Waals surface area contributed by atoms with E-state index in [2.05, 4.69) is 175 Å². The minimum absolute atomic E-state index is 0.0890. The molecule has 50 heavy (non-hydrogen) atoms. The Kier molecular flexibility index (Phi) is 6.55. The third-order valence-corrected chi connectivity index (χ3v) is 10.7. The summed E-state index contributed by atoms with van der Waals surface area (Å²) in [5.41, 5.74) is 7.34. The maximum atomic E-state index is 6.87. The zero-order valence-corrected chi connectivity index (χ0v) is 29.5. The molecule has 0 saturated heterocycles. The van der Waals surface area contributed by atoms with Gasteiger partial charge in [-0.25, -0.2) is 0 Å². The van der Waals surface area contributed by atoms with Crippen molar-refractivity contribution < 1.29 is 4.74 Å². The van der Waals surface area contributed by atoms with Crippen molar-refractivity contribution in [2.75, 3.05) is 0 Å². The molecule has 3 heteroatoms. The SMILES string of the molecule is CC(C)(C)c1ccc2c(c1)C(c1ccc3ccc4ccccc4c3n1)(c1ccc3ccc4ccccc4c3n1)c1cc(C(C)(C)C)ccc1O2. The van der Waals surface area contributed by atoms with Crippen molar-refractivity contribution in [2.45, 2.75) is 57.8 Å². The fourth-order valence-electron chi connectivity index (χ4n) is 7.84. The third kappa shape index (κ3) is 4.56. The van der Waals surface area contributed by atoms with Gasteiger partial charge in [0.15, 0.2) is 0 Å². The molecule has 0 N–H and O–H groups in total. The van der Waals surface area contributed by atoms with Crippen LogP contribution in [0.1, 0.15) is 75.2 Å². The molecule has 244 valence electrons. The summed E-state index contributed by atoms with van der Waals surface area (Å²) in [6, 6.07) is 48.2. The van der Waals surface area contributed by atoms with Gasteiger partial charge in [-0.1, -0.05) is 139 Å². The summed E-state index contributed by atoms with van der Waals surface area (Å²) >= 11 is 0. The number of nitrogens with zero attached hydrogens (tertiary/aromatic N) is 2. The number of ether oxygens (including phenoxy) is 1. The number of aromatic nitrogens is 2. The highest BCUT2D eigenvalue weighted by Gasteiger charge is 2.49. The highest BCUT2D eigenvalue weighted by molar-refractivity contribution is 6.06. The molecule has 0 spiro atoms. The summed E-state index contributed by atoms with van der Waals surface area (Å²) < 4.78 is 6.87. The van der Waals surface area contributed by atoms with Crippen LogP contribution in [0.25, 0.3) is 43.4 Å². The highest BCUT2D eigenvalue weighted by atomic mass is 16.5. The van der Waals surface area contributed by atoms with E-state index in [1.807, 2.05) is 0 Å². The van der Waals surface area contributed by atoms with Gasteiger partial charge in [0.25, 0.3) is 0 Å². The minimum atomic E-state index is -0.887. The molecule has 6 aromatic carbocycles. The van der Waals surface area contributed by atoms with Crippen LogP contribution in [0.4, 0.5) is 0 Å². The van der Waals surface area contributed by atoms with Crippen LogP contribution in [-0.4, -0.2) is 9.97 Å². The lowest BCUT2D eigenvalue weighted by atomic mass is 9.65. The molecule has 0 radical (unpaired) electrons. The lowest BCUT2D eigenvalue weighted by Crippen LogP contribution is -2.37. The number of hydrogen-bond acceptors (Lipinski definition) is 3. The van der Waals surface area contributed by atoms with Crippen LogP contribution in [-0.2, 0) is 16.2 Å². The summed E-state index contributed by atoms with van der Waals surface area (Å²) in [4.78, 5) is 11.4. The Hall–Kier alpha value is -5.54. The zero-order chi connectivity index (χ0) is 34.4. The van der Waals surface area contributed by atoms with E-state index in [1.54, 1.807) is 0 Å². The van der Waals surface area contributed by atoms with Crippen LogP contribution in [0, 0.1) is 0 Å². The molecule has 9 rings (SSSR count). The van der Waals surface area contributed by atoms with E-state index in [9.17, 15) is 0 Å². The van der Waals surface area contributed by atoms with E-state index in [1.165, 1.54) is 21.9 Å². The average Bonchev–Trinajstić information content (AvgIpc) is 3.12.